The molecule has 0 saturated carbocycles. The first-order chi connectivity index (χ1) is 8.81. The molecule has 8 nitrogen and oxygen atoms in total. The van der Waals surface area contributed by atoms with E-state index < -0.39 is 24.0 Å². The van der Waals surface area contributed by atoms with Gasteiger partial charge in [0, 0.05) is 12.1 Å². The predicted octanol–water partition coefficient (Wildman–Crippen LogP) is 0.376. The molecule has 0 aromatic carbocycles. The van der Waals surface area contributed by atoms with Crippen molar-refractivity contribution in [2.75, 3.05) is 0 Å². The van der Waals surface area contributed by atoms with E-state index in [1.54, 1.807) is 19.9 Å². The van der Waals surface area contributed by atoms with Gasteiger partial charge in [0.1, 0.15) is 6.04 Å². The number of hydrogen-bond acceptors (Lipinski definition) is 4. The molecule has 0 saturated heterocycles. The van der Waals surface area contributed by atoms with Gasteiger partial charge in [-0.3, -0.25) is 4.79 Å². The molecule has 8 heteroatoms. The third kappa shape index (κ3) is 4.09. The normalized spacial score (nSPS) is 11.9. The number of carbonyl (C=O) groups excluding carboxylic acids is 1. The summed E-state index contributed by atoms with van der Waals surface area (Å²) in [6.07, 6.45) is -0.524. The summed E-state index contributed by atoms with van der Waals surface area (Å²) < 4.78 is 1.05. The van der Waals surface area contributed by atoms with Crippen LogP contribution in [-0.4, -0.2) is 44.0 Å². The highest BCUT2D eigenvalue weighted by Crippen LogP contribution is 2.03. The lowest BCUT2D eigenvalue weighted by Crippen LogP contribution is -2.43. The van der Waals surface area contributed by atoms with Crippen molar-refractivity contribution in [3.05, 3.63) is 17.5 Å². The Kier molecular flexibility index (Phi) is 4.62. The number of carboxylic acids is 2. The lowest BCUT2D eigenvalue weighted by atomic mass is 10.1. The highest BCUT2D eigenvalue weighted by molar-refractivity contribution is 5.84. The highest BCUT2D eigenvalue weighted by atomic mass is 16.4. The highest BCUT2D eigenvalue weighted by Gasteiger charge is 2.22. The van der Waals surface area contributed by atoms with E-state index in [1.807, 2.05) is 0 Å². The van der Waals surface area contributed by atoms with Crippen molar-refractivity contribution in [2.45, 2.75) is 32.7 Å². The Hall–Kier alpha value is -2.38. The molecule has 19 heavy (non-hydrogen) atoms. The fourth-order valence-corrected chi connectivity index (χ4v) is 1.57. The number of rotatable bonds is 5. The van der Waals surface area contributed by atoms with Gasteiger partial charge in [-0.05, 0) is 26.3 Å². The Morgan fingerprint density at radius 2 is 2.00 bits per heavy atom. The predicted molar refractivity (Wildman–Crippen MR) is 63.9 cm³/mol. The lowest BCUT2D eigenvalue weighted by molar-refractivity contribution is -0.140. The topological polar surface area (TPSA) is 122 Å². The molecular formula is C11H15N3O5. The Labute approximate surface area is 109 Å². The molecule has 3 N–H and O–H groups in total. The fraction of sp³-hybridized carbons (Fsp3) is 0.455. The summed E-state index contributed by atoms with van der Waals surface area (Å²) in [6.45, 7) is 3.36. The number of hydrogen-bond donors (Lipinski definition) is 3. The molecule has 0 radical (unpaired) electrons. The Balaban J connectivity index is 2.74. The maximum atomic E-state index is 11.8. The van der Waals surface area contributed by atoms with Crippen LogP contribution in [0.2, 0.25) is 0 Å². The number of amides is 1. The summed E-state index contributed by atoms with van der Waals surface area (Å²) in [5.74, 6) is -2.40. The van der Waals surface area contributed by atoms with E-state index in [9.17, 15) is 14.4 Å². The van der Waals surface area contributed by atoms with Gasteiger partial charge >= 0.3 is 18.0 Å². The zero-order valence-corrected chi connectivity index (χ0v) is 10.6. The molecular weight excluding hydrogens is 254 g/mol. The molecule has 1 heterocycles. The molecule has 1 atom stereocenters. The van der Waals surface area contributed by atoms with Gasteiger partial charge in [-0.15, -0.1) is 0 Å². The smallest absolute Gasteiger partial charge is 0.343 e. The largest absolute Gasteiger partial charge is 0.481 e. The third-order valence-electron chi connectivity index (χ3n) is 2.44. The number of carbonyl (C=O) groups is 3. The molecule has 0 aliphatic carbocycles. The minimum atomic E-state index is -1.28. The number of carboxylic acid groups (broad SMARTS) is 2. The van der Waals surface area contributed by atoms with Gasteiger partial charge in [0.25, 0.3) is 0 Å². The van der Waals surface area contributed by atoms with Crippen LogP contribution in [0.4, 0.5) is 4.79 Å². The van der Waals surface area contributed by atoms with E-state index in [-0.39, 0.29) is 12.8 Å². The van der Waals surface area contributed by atoms with E-state index in [1.165, 1.54) is 0 Å². The van der Waals surface area contributed by atoms with Crippen molar-refractivity contribution in [2.24, 2.45) is 0 Å². The van der Waals surface area contributed by atoms with Crippen LogP contribution in [0.15, 0.2) is 6.07 Å². The molecule has 1 amide bonds. The van der Waals surface area contributed by atoms with Gasteiger partial charge in [-0.25, -0.2) is 9.59 Å². The quantitative estimate of drug-likeness (QED) is 0.710. The number of nitrogens with zero attached hydrogens (tertiary/aromatic N) is 2. The molecule has 104 valence electrons. The van der Waals surface area contributed by atoms with Gasteiger partial charge in [0.05, 0.1) is 5.69 Å². The van der Waals surface area contributed by atoms with E-state index in [0.29, 0.717) is 11.4 Å². The minimum Gasteiger partial charge on any atom is -0.481 e. The van der Waals surface area contributed by atoms with Gasteiger partial charge in [0.2, 0.25) is 0 Å². The van der Waals surface area contributed by atoms with Crippen molar-refractivity contribution in [3.63, 3.8) is 0 Å². The SMILES string of the molecule is Cc1cc(C)n(C(=O)NC(CCC(=O)O)C(=O)O)n1. The zero-order valence-electron chi connectivity index (χ0n) is 10.6. The van der Waals surface area contributed by atoms with Crippen molar-refractivity contribution in [3.8, 4) is 0 Å². The number of aliphatic carboxylic acids is 2. The summed E-state index contributed by atoms with van der Waals surface area (Å²) >= 11 is 0. The van der Waals surface area contributed by atoms with Crippen molar-refractivity contribution < 1.29 is 24.6 Å². The van der Waals surface area contributed by atoms with Gasteiger partial charge in [0.15, 0.2) is 0 Å². The molecule has 1 unspecified atom stereocenters. The molecule has 0 aliphatic rings. The molecule has 0 bridgehead atoms. The maximum Gasteiger partial charge on any atom is 0.343 e. The van der Waals surface area contributed by atoms with Crippen molar-refractivity contribution in [1.29, 1.82) is 0 Å². The number of nitrogens with one attached hydrogen (secondary N) is 1. The molecule has 0 spiro atoms. The maximum absolute atomic E-state index is 11.8. The van der Waals surface area contributed by atoms with E-state index in [2.05, 4.69) is 10.4 Å². The second kappa shape index (κ2) is 5.98. The first-order valence-corrected chi connectivity index (χ1v) is 5.60. The van der Waals surface area contributed by atoms with Gasteiger partial charge < -0.3 is 15.5 Å². The monoisotopic (exact) mass is 269 g/mol. The van der Waals surface area contributed by atoms with Crippen LogP contribution in [0.25, 0.3) is 0 Å². The Morgan fingerprint density at radius 1 is 1.37 bits per heavy atom. The second-order valence-corrected chi connectivity index (χ2v) is 4.11. The third-order valence-corrected chi connectivity index (χ3v) is 2.44. The van der Waals surface area contributed by atoms with Crippen molar-refractivity contribution >= 4 is 18.0 Å². The average molecular weight is 269 g/mol. The minimum absolute atomic E-state index is 0.185. The van der Waals surface area contributed by atoms with E-state index in [0.717, 1.165) is 4.68 Å². The zero-order chi connectivity index (χ0) is 14.6. The van der Waals surface area contributed by atoms with Crippen LogP contribution >= 0.6 is 0 Å². The van der Waals surface area contributed by atoms with E-state index >= 15 is 0 Å². The first-order valence-electron chi connectivity index (χ1n) is 5.60. The summed E-state index contributed by atoms with van der Waals surface area (Å²) in [7, 11) is 0. The summed E-state index contributed by atoms with van der Waals surface area (Å²) in [6, 6.07) is -0.275. The van der Waals surface area contributed by atoms with Crippen LogP contribution in [0, 0.1) is 13.8 Å². The number of aryl methyl sites for hydroxylation is 2. The van der Waals surface area contributed by atoms with Crippen molar-refractivity contribution in [1.82, 2.24) is 15.1 Å². The Bertz CT molecular complexity index is 508. The number of aromatic nitrogens is 2. The van der Waals surface area contributed by atoms with Gasteiger partial charge in [-0.2, -0.15) is 9.78 Å². The molecule has 0 aliphatic heterocycles. The standard InChI is InChI=1S/C11H15N3O5/c1-6-5-7(2)14(13-6)11(19)12-8(10(17)18)3-4-9(15)16/h5,8H,3-4H2,1-2H3,(H,12,19)(H,15,16)(H,17,18). The molecule has 1 aromatic rings. The summed E-state index contributed by atoms with van der Waals surface area (Å²) in [4.78, 5) is 33.2. The van der Waals surface area contributed by atoms with Crippen LogP contribution in [-0.2, 0) is 9.59 Å². The molecule has 1 rings (SSSR count). The van der Waals surface area contributed by atoms with Crippen LogP contribution in [0.3, 0.4) is 0 Å². The first kappa shape index (κ1) is 14.7. The summed E-state index contributed by atoms with van der Waals surface area (Å²) in [5, 5.41) is 23.6. The summed E-state index contributed by atoms with van der Waals surface area (Å²) in [5.41, 5.74) is 1.20. The van der Waals surface area contributed by atoms with Crippen LogP contribution in [0.5, 0.6) is 0 Å². The van der Waals surface area contributed by atoms with Crippen LogP contribution < -0.4 is 5.32 Å². The second-order valence-electron chi connectivity index (χ2n) is 4.11. The van der Waals surface area contributed by atoms with Gasteiger partial charge in [-0.1, -0.05) is 0 Å². The fourth-order valence-electron chi connectivity index (χ4n) is 1.57. The molecule has 0 fully saturated rings. The van der Waals surface area contributed by atoms with Crippen LogP contribution in [0.1, 0.15) is 24.2 Å². The van der Waals surface area contributed by atoms with E-state index in [4.69, 9.17) is 10.2 Å². The Morgan fingerprint density at radius 3 is 2.42 bits per heavy atom. The average Bonchev–Trinajstić information content (AvgIpc) is 2.62. The molecule has 1 aromatic heterocycles. The lowest BCUT2D eigenvalue weighted by Gasteiger charge is -2.13.